The Morgan fingerprint density at radius 2 is 2.07 bits per heavy atom. The van der Waals surface area contributed by atoms with Gasteiger partial charge in [0.1, 0.15) is 5.82 Å². The first kappa shape index (κ1) is 19.0. The van der Waals surface area contributed by atoms with Crippen molar-refractivity contribution in [3.63, 3.8) is 0 Å². The van der Waals surface area contributed by atoms with Gasteiger partial charge >= 0.3 is 0 Å². The van der Waals surface area contributed by atoms with Crippen LogP contribution in [0.5, 0.6) is 0 Å². The van der Waals surface area contributed by atoms with Crippen LogP contribution in [0.3, 0.4) is 0 Å². The Kier molecular flexibility index (Phi) is 4.63. The molecule has 0 aliphatic carbocycles. The third-order valence-electron chi connectivity index (χ3n) is 5.69. The molecular weight excluding hydrogens is 446 g/mol. The number of halogens is 1. The van der Waals surface area contributed by atoms with Gasteiger partial charge in [0.25, 0.3) is 0 Å². The van der Waals surface area contributed by atoms with Crippen molar-refractivity contribution in [1.29, 1.82) is 0 Å². The summed E-state index contributed by atoms with van der Waals surface area (Å²) >= 11 is 3.60. The van der Waals surface area contributed by atoms with Gasteiger partial charge in [-0.3, -0.25) is 9.78 Å². The molecule has 1 aromatic carbocycles. The van der Waals surface area contributed by atoms with Crippen LogP contribution in [0.25, 0.3) is 27.7 Å². The standard InChI is InChI=1S/C21H20BrN7O/c22-17-18(12-5-6-16(20(24)30)26-8-12)28-21-14(10-27-29(21)19(17)23)13-7-11-3-1-2-4-15(11)25-9-13/h1-4,7,9-10,12,16,26H,5-6,8,23H2,(H2,24,30). The molecule has 0 radical (unpaired) electrons. The van der Waals surface area contributed by atoms with Gasteiger partial charge in [0, 0.05) is 35.2 Å². The number of nitrogens with zero attached hydrogens (tertiary/aromatic N) is 4. The van der Waals surface area contributed by atoms with Gasteiger partial charge in [-0.2, -0.15) is 9.61 Å². The zero-order chi connectivity index (χ0) is 20.8. The number of fused-ring (bicyclic) bond motifs is 2. The second kappa shape index (κ2) is 7.33. The van der Waals surface area contributed by atoms with Gasteiger partial charge in [-0.1, -0.05) is 18.2 Å². The summed E-state index contributed by atoms with van der Waals surface area (Å²) in [5, 5.41) is 8.71. The molecule has 4 aromatic rings. The lowest BCUT2D eigenvalue weighted by Crippen LogP contribution is -2.46. The second-order valence-electron chi connectivity index (χ2n) is 7.54. The van der Waals surface area contributed by atoms with Gasteiger partial charge in [0.2, 0.25) is 5.91 Å². The van der Waals surface area contributed by atoms with Crippen molar-refractivity contribution in [2.45, 2.75) is 24.8 Å². The zero-order valence-electron chi connectivity index (χ0n) is 16.0. The van der Waals surface area contributed by atoms with Crippen LogP contribution < -0.4 is 16.8 Å². The number of anilines is 1. The fourth-order valence-electron chi connectivity index (χ4n) is 4.04. The Labute approximate surface area is 180 Å². The van der Waals surface area contributed by atoms with E-state index < -0.39 is 0 Å². The lowest BCUT2D eigenvalue weighted by molar-refractivity contribution is -0.120. The van der Waals surface area contributed by atoms with Crippen molar-refractivity contribution in [2.75, 3.05) is 12.3 Å². The fourth-order valence-corrected chi connectivity index (χ4v) is 4.62. The number of aromatic nitrogens is 4. The third kappa shape index (κ3) is 3.10. The number of pyridine rings is 1. The molecule has 1 aliphatic heterocycles. The first-order valence-corrected chi connectivity index (χ1v) is 10.5. The van der Waals surface area contributed by atoms with Gasteiger partial charge in [0.05, 0.1) is 27.9 Å². The van der Waals surface area contributed by atoms with Gasteiger partial charge < -0.3 is 16.8 Å². The van der Waals surface area contributed by atoms with E-state index in [4.69, 9.17) is 16.5 Å². The molecular formula is C21H20BrN7O. The number of amides is 1. The summed E-state index contributed by atoms with van der Waals surface area (Å²) in [4.78, 5) is 20.9. The maximum Gasteiger partial charge on any atom is 0.234 e. The molecule has 2 atom stereocenters. The lowest BCUT2D eigenvalue weighted by atomic mass is 9.91. The highest BCUT2D eigenvalue weighted by molar-refractivity contribution is 9.10. The van der Waals surface area contributed by atoms with Crippen LogP contribution in [-0.2, 0) is 4.79 Å². The average Bonchev–Trinajstić information content (AvgIpc) is 3.20. The number of nitrogens with two attached hydrogens (primary N) is 2. The number of primary amides is 1. The molecule has 3 aromatic heterocycles. The number of nitrogen functional groups attached to an aromatic ring is 1. The molecule has 5 rings (SSSR count). The number of carbonyl (C=O) groups is 1. The van der Waals surface area contributed by atoms with Crippen molar-refractivity contribution in [3.05, 3.63) is 52.9 Å². The minimum atomic E-state index is -0.322. The van der Waals surface area contributed by atoms with Crippen LogP contribution in [0.4, 0.5) is 5.82 Å². The number of hydrogen-bond donors (Lipinski definition) is 3. The van der Waals surface area contributed by atoms with E-state index >= 15 is 0 Å². The van der Waals surface area contributed by atoms with E-state index in [1.165, 1.54) is 0 Å². The first-order valence-electron chi connectivity index (χ1n) is 9.73. The Hall–Kier alpha value is -3.04. The molecule has 1 amide bonds. The monoisotopic (exact) mass is 465 g/mol. The number of piperidine rings is 1. The van der Waals surface area contributed by atoms with Crippen molar-refractivity contribution < 1.29 is 4.79 Å². The zero-order valence-corrected chi connectivity index (χ0v) is 17.6. The predicted octanol–water partition coefficient (Wildman–Crippen LogP) is 2.61. The molecule has 1 fully saturated rings. The Bertz CT molecular complexity index is 1280. The van der Waals surface area contributed by atoms with Gasteiger partial charge in [-0.15, -0.1) is 0 Å². The second-order valence-corrected chi connectivity index (χ2v) is 8.34. The lowest BCUT2D eigenvalue weighted by Gasteiger charge is -2.28. The number of nitrogens with one attached hydrogen (secondary N) is 1. The highest BCUT2D eigenvalue weighted by atomic mass is 79.9. The maximum atomic E-state index is 11.5. The molecule has 152 valence electrons. The molecule has 1 saturated heterocycles. The molecule has 0 spiro atoms. The van der Waals surface area contributed by atoms with Crippen LogP contribution in [-0.4, -0.2) is 38.1 Å². The summed E-state index contributed by atoms with van der Waals surface area (Å²) in [5.74, 6) is 0.282. The van der Waals surface area contributed by atoms with Crippen molar-refractivity contribution in [1.82, 2.24) is 24.9 Å². The molecule has 8 nitrogen and oxygen atoms in total. The van der Waals surface area contributed by atoms with E-state index in [1.54, 1.807) is 10.7 Å². The molecule has 0 bridgehead atoms. The largest absolute Gasteiger partial charge is 0.383 e. The number of para-hydroxylation sites is 1. The molecule has 5 N–H and O–H groups in total. The Morgan fingerprint density at radius 3 is 2.83 bits per heavy atom. The molecule has 2 unspecified atom stereocenters. The predicted molar refractivity (Wildman–Crippen MR) is 119 cm³/mol. The van der Waals surface area contributed by atoms with E-state index in [0.717, 1.165) is 38.6 Å². The molecule has 1 aliphatic rings. The van der Waals surface area contributed by atoms with E-state index in [1.807, 2.05) is 30.5 Å². The molecule has 30 heavy (non-hydrogen) atoms. The Balaban J connectivity index is 1.59. The van der Waals surface area contributed by atoms with Gasteiger partial charge in [-0.05, 0) is 40.9 Å². The molecule has 0 saturated carbocycles. The minimum Gasteiger partial charge on any atom is -0.383 e. The highest BCUT2D eigenvalue weighted by Gasteiger charge is 2.29. The van der Waals surface area contributed by atoms with Crippen molar-refractivity contribution >= 4 is 44.2 Å². The van der Waals surface area contributed by atoms with Gasteiger partial charge in [0.15, 0.2) is 5.65 Å². The summed E-state index contributed by atoms with van der Waals surface area (Å²) in [6, 6.07) is 9.76. The van der Waals surface area contributed by atoms with Gasteiger partial charge in [-0.25, -0.2) is 4.98 Å². The number of benzene rings is 1. The summed E-state index contributed by atoms with van der Waals surface area (Å²) in [7, 11) is 0. The van der Waals surface area contributed by atoms with Crippen molar-refractivity contribution in [3.8, 4) is 11.1 Å². The van der Waals surface area contributed by atoms with Crippen LogP contribution >= 0.6 is 15.9 Å². The van der Waals surface area contributed by atoms with E-state index in [9.17, 15) is 4.79 Å². The highest BCUT2D eigenvalue weighted by Crippen LogP contribution is 2.35. The SMILES string of the molecule is NC(=O)C1CCC(c2nc3c(-c4cnc5ccccc5c4)cnn3c(N)c2Br)CN1. The smallest absolute Gasteiger partial charge is 0.234 e. The Morgan fingerprint density at radius 1 is 1.23 bits per heavy atom. The maximum absolute atomic E-state index is 11.5. The summed E-state index contributed by atoms with van der Waals surface area (Å²) in [6.45, 7) is 0.607. The van der Waals surface area contributed by atoms with Crippen LogP contribution in [0, 0.1) is 0 Å². The number of carbonyl (C=O) groups excluding carboxylic acids is 1. The quantitative estimate of drug-likeness (QED) is 0.427. The minimum absolute atomic E-state index is 0.111. The number of hydrogen-bond acceptors (Lipinski definition) is 6. The molecule has 4 heterocycles. The van der Waals surface area contributed by atoms with E-state index in [2.05, 4.69) is 37.4 Å². The topological polar surface area (TPSA) is 124 Å². The van der Waals surface area contributed by atoms with Crippen molar-refractivity contribution in [2.24, 2.45) is 5.73 Å². The summed E-state index contributed by atoms with van der Waals surface area (Å²) in [6.07, 6.45) is 5.06. The van der Waals surface area contributed by atoms with E-state index in [-0.39, 0.29) is 17.9 Å². The summed E-state index contributed by atoms with van der Waals surface area (Å²) in [5.41, 5.74) is 16.1. The van der Waals surface area contributed by atoms with Crippen LogP contribution in [0.2, 0.25) is 0 Å². The van der Waals surface area contributed by atoms with Crippen LogP contribution in [0.15, 0.2) is 47.2 Å². The summed E-state index contributed by atoms with van der Waals surface area (Å²) < 4.78 is 2.37. The fraction of sp³-hybridized carbons (Fsp3) is 0.238. The normalized spacial score (nSPS) is 19.4. The van der Waals surface area contributed by atoms with Crippen LogP contribution in [0.1, 0.15) is 24.5 Å². The molecule has 9 heteroatoms. The van der Waals surface area contributed by atoms with E-state index in [0.29, 0.717) is 24.4 Å². The first-order chi connectivity index (χ1) is 14.5. The third-order valence-corrected chi connectivity index (χ3v) is 6.51. The average molecular weight is 466 g/mol. The number of rotatable bonds is 3.